The lowest BCUT2D eigenvalue weighted by Gasteiger charge is -2.33. The van der Waals surface area contributed by atoms with Crippen LogP contribution < -0.4 is 0 Å². The second-order valence-corrected chi connectivity index (χ2v) is 6.65. The van der Waals surface area contributed by atoms with Gasteiger partial charge in [-0.2, -0.15) is 4.31 Å². The van der Waals surface area contributed by atoms with Crippen molar-refractivity contribution in [2.24, 2.45) is 0 Å². The van der Waals surface area contributed by atoms with Crippen LogP contribution in [0.1, 0.15) is 0 Å². The molecule has 21 heavy (non-hydrogen) atoms. The molecule has 1 aromatic rings. The van der Waals surface area contributed by atoms with Gasteiger partial charge in [0.05, 0.1) is 18.6 Å². The summed E-state index contributed by atoms with van der Waals surface area (Å²) in [6.45, 7) is 1.64. The van der Waals surface area contributed by atoms with E-state index in [1.807, 2.05) is 4.90 Å². The average Bonchev–Trinajstić information content (AvgIpc) is 2.48. The van der Waals surface area contributed by atoms with Gasteiger partial charge >= 0.3 is 5.97 Å². The van der Waals surface area contributed by atoms with Crippen molar-refractivity contribution in [1.82, 2.24) is 9.21 Å². The maximum Gasteiger partial charge on any atom is 0.319 e. The molecule has 8 heteroatoms. The van der Waals surface area contributed by atoms with Crippen molar-refractivity contribution in [2.45, 2.75) is 4.90 Å². The van der Waals surface area contributed by atoms with E-state index < -0.39 is 15.8 Å². The Morgan fingerprint density at radius 1 is 1.19 bits per heavy atom. The van der Waals surface area contributed by atoms with Crippen LogP contribution in [0.25, 0.3) is 0 Å². The Kier molecular flexibility index (Phi) is 4.92. The van der Waals surface area contributed by atoms with E-state index in [-0.39, 0.29) is 30.5 Å². The fourth-order valence-electron chi connectivity index (χ4n) is 2.13. The summed E-state index contributed by atoms with van der Waals surface area (Å²) in [6, 6.07) is 4.76. The first-order valence-electron chi connectivity index (χ1n) is 6.48. The van der Waals surface area contributed by atoms with E-state index in [9.17, 15) is 17.6 Å². The summed E-state index contributed by atoms with van der Waals surface area (Å²) in [5.41, 5.74) is 0. The minimum absolute atomic E-state index is 0.0744. The summed E-state index contributed by atoms with van der Waals surface area (Å²) in [7, 11) is -2.30. The first-order valence-corrected chi connectivity index (χ1v) is 7.92. The number of esters is 1. The molecule has 0 aliphatic carbocycles. The van der Waals surface area contributed by atoms with Gasteiger partial charge in [0.1, 0.15) is 5.82 Å². The number of methoxy groups -OCH3 is 1. The molecule has 0 radical (unpaired) electrons. The Morgan fingerprint density at radius 3 is 2.29 bits per heavy atom. The monoisotopic (exact) mass is 316 g/mol. The molecule has 1 aliphatic heterocycles. The van der Waals surface area contributed by atoms with Gasteiger partial charge in [0.2, 0.25) is 10.0 Å². The lowest BCUT2D eigenvalue weighted by atomic mass is 10.3. The first-order chi connectivity index (χ1) is 9.93. The van der Waals surface area contributed by atoms with Crippen LogP contribution >= 0.6 is 0 Å². The van der Waals surface area contributed by atoms with Crippen molar-refractivity contribution < 1.29 is 22.3 Å². The topological polar surface area (TPSA) is 66.9 Å². The van der Waals surface area contributed by atoms with Crippen LogP contribution in [-0.4, -0.2) is 63.4 Å². The molecule has 1 heterocycles. The molecule has 6 nitrogen and oxygen atoms in total. The van der Waals surface area contributed by atoms with E-state index in [0.29, 0.717) is 13.1 Å². The molecule has 0 aromatic heterocycles. The van der Waals surface area contributed by atoms with Gasteiger partial charge in [-0.3, -0.25) is 9.69 Å². The predicted octanol–water partition coefficient (Wildman–Crippen LogP) is 0.305. The Labute approximate surface area is 123 Å². The molecule has 2 rings (SSSR count). The number of carbonyl (C=O) groups excluding carboxylic acids is 1. The van der Waals surface area contributed by atoms with E-state index in [4.69, 9.17) is 0 Å². The van der Waals surface area contributed by atoms with Crippen LogP contribution in [0.3, 0.4) is 0 Å². The van der Waals surface area contributed by atoms with Crippen molar-refractivity contribution >= 4 is 16.0 Å². The van der Waals surface area contributed by atoms with Crippen LogP contribution in [0.4, 0.5) is 4.39 Å². The largest absolute Gasteiger partial charge is 0.468 e. The lowest BCUT2D eigenvalue weighted by molar-refractivity contribution is -0.142. The summed E-state index contributed by atoms with van der Waals surface area (Å²) < 4.78 is 43.5. The number of piperazine rings is 1. The van der Waals surface area contributed by atoms with E-state index in [1.165, 1.54) is 23.5 Å². The molecule has 0 amide bonds. The highest BCUT2D eigenvalue weighted by Gasteiger charge is 2.29. The van der Waals surface area contributed by atoms with Gasteiger partial charge in [-0.15, -0.1) is 0 Å². The zero-order valence-corrected chi connectivity index (χ0v) is 12.5. The minimum Gasteiger partial charge on any atom is -0.468 e. The Morgan fingerprint density at radius 2 is 1.76 bits per heavy atom. The van der Waals surface area contributed by atoms with Crippen molar-refractivity contribution in [3.05, 3.63) is 30.1 Å². The minimum atomic E-state index is -3.61. The second-order valence-electron chi connectivity index (χ2n) is 4.71. The fraction of sp³-hybridized carbons (Fsp3) is 0.462. The summed E-state index contributed by atoms with van der Waals surface area (Å²) in [5, 5.41) is 0. The molecule has 1 aliphatic rings. The van der Waals surface area contributed by atoms with Gasteiger partial charge in [0.25, 0.3) is 0 Å². The van der Waals surface area contributed by atoms with E-state index in [0.717, 1.165) is 12.1 Å². The summed E-state index contributed by atoms with van der Waals surface area (Å²) in [4.78, 5) is 13.1. The van der Waals surface area contributed by atoms with Gasteiger partial charge in [-0.05, 0) is 24.3 Å². The predicted molar refractivity (Wildman–Crippen MR) is 73.6 cm³/mol. The zero-order chi connectivity index (χ0) is 15.5. The molecule has 0 N–H and O–H groups in total. The summed E-state index contributed by atoms with van der Waals surface area (Å²) in [5.74, 6) is -0.818. The van der Waals surface area contributed by atoms with Crippen LogP contribution in [0, 0.1) is 5.82 Å². The van der Waals surface area contributed by atoms with E-state index in [1.54, 1.807) is 0 Å². The number of hydrogen-bond acceptors (Lipinski definition) is 5. The molecule has 116 valence electrons. The molecule has 0 atom stereocenters. The number of nitrogens with zero attached hydrogens (tertiary/aromatic N) is 2. The molecule has 1 saturated heterocycles. The normalized spacial score (nSPS) is 17.6. The molecule has 0 spiro atoms. The van der Waals surface area contributed by atoms with E-state index in [2.05, 4.69) is 4.74 Å². The number of sulfonamides is 1. The highest BCUT2D eigenvalue weighted by atomic mass is 32.2. The fourth-order valence-corrected chi connectivity index (χ4v) is 3.55. The summed E-state index contributed by atoms with van der Waals surface area (Å²) in [6.07, 6.45) is 0. The standard InChI is InChI=1S/C13H17FN2O4S/c1-20-13(17)10-15-6-8-16(9-7-15)21(18,19)12-4-2-11(14)3-5-12/h2-5H,6-10H2,1H3. The average molecular weight is 316 g/mol. The summed E-state index contributed by atoms with van der Waals surface area (Å²) >= 11 is 0. The number of rotatable bonds is 4. The third-order valence-electron chi connectivity index (χ3n) is 3.36. The molecular formula is C13H17FN2O4S. The number of halogens is 1. The Bertz CT molecular complexity index is 595. The van der Waals surface area contributed by atoms with Crippen molar-refractivity contribution in [2.75, 3.05) is 39.8 Å². The van der Waals surface area contributed by atoms with Crippen LogP contribution in [-0.2, 0) is 19.6 Å². The maximum absolute atomic E-state index is 12.9. The lowest BCUT2D eigenvalue weighted by Crippen LogP contribution is -2.49. The third-order valence-corrected chi connectivity index (χ3v) is 5.28. The smallest absolute Gasteiger partial charge is 0.319 e. The molecule has 0 saturated carbocycles. The SMILES string of the molecule is COC(=O)CN1CCN(S(=O)(=O)c2ccc(F)cc2)CC1. The van der Waals surface area contributed by atoms with Crippen molar-refractivity contribution in [3.8, 4) is 0 Å². The van der Waals surface area contributed by atoms with Gasteiger partial charge in [-0.1, -0.05) is 0 Å². The second kappa shape index (κ2) is 6.50. The van der Waals surface area contributed by atoms with Gasteiger partial charge in [-0.25, -0.2) is 12.8 Å². The maximum atomic E-state index is 12.9. The zero-order valence-electron chi connectivity index (χ0n) is 11.7. The number of hydrogen-bond donors (Lipinski definition) is 0. The Balaban J connectivity index is 2.01. The third kappa shape index (κ3) is 3.78. The van der Waals surface area contributed by atoms with Crippen molar-refractivity contribution in [1.29, 1.82) is 0 Å². The highest BCUT2D eigenvalue weighted by Crippen LogP contribution is 2.17. The van der Waals surface area contributed by atoms with Gasteiger partial charge in [0.15, 0.2) is 0 Å². The van der Waals surface area contributed by atoms with Crippen LogP contribution in [0.2, 0.25) is 0 Å². The number of benzene rings is 1. The van der Waals surface area contributed by atoms with Crippen LogP contribution in [0.15, 0.2) is 29.2 Å². The number of ether oxygens (including phenoxy) is 1. The first kappa shape index (κ1) is 15.9. The molecule has 1 fully saturated rings. The quantitative estimate of drug-likeness (QED) is 0.748. The molecular weight excluding hydrogens is 299 g/mol. The van der Waals surface area contributed by atoms with Gasteiger partial charge < -0.3 is 4.74 Å². The highest BCUT2D eigenvalue weighted by molar-refractivity contribution is 7.89. The number of carbonyl (C=O) groups is 1. The van der Waals surface area contributed by atoms with Gasteiger partial charge in [0, 0.05) is 26.2 Å². The van der Waals surface area contributed by atoms with Crippen LogP contribution in [0.5, 0.6) is 0 Å². The molecule has 0 bridgehead atoms. The van der Waals surface area contributed by atoms with E-state index >= 15 is 0 Å². The molecule has 0 unspecified atom stereocenters. The van der Waals surface area contributed by atoms with Crippen molar-refractivity contribution in [3.63, 3.8) is 0 Å². The molecule has 1 aromatic carbocycles. The Hall–Kier alpha value is -1.51.